The SMILES string of the molecule is c1ccc(-c2ccc(-c3cc(-c4ccc(-c5ccccc5)cc4)nc(-c4ccc(-c5cccc6c5nc(-c5cccc7ccccc57)c5c7ccccc7oc65)cc4)n3)cc2)cc1. The molecule has 4 nitrogen and oxygen atoms in total. The molecule has 0 bridgehead atoms. The average Bonchev–Trinajstić information content (AvgIpc) is 3.77. The van der Waals surface area contributed by atoms with Crippen LogP contribution in [0.15, 0.2) is 229 Å². The molecule has 63 heavy (non-hydrogen) atoms. The Labute approximate surface area is 364 Å². The maximum absolute atomic E-state index is 6.70. The number of pyridine rings is 1. The van der Waals surface area contributed by atoms with E-state index in [0.29, 0.717) is 5.82 Å². The molecule has 12 rings (SSSR count). The molecule has 294 valence electrons. The Morgan fingerprint density at radius 1 is 0.317 bits per heavy atom. The summed E-state index contributed by atoms with van der Waals surface area (Å²) in [7, 11) is 0. The van der Waals surface area contributed by atoms with Crippen LogP contribution < -0.4 is 0 Å². The Balaban J connectivity index is 0.979. The number of fused-ring (bicyclic) bond motifs is 6. The fourth-order valence-electron chi connectivity index (χ4n) is 8.94. The van der Waals surface area contributed by atoms with E-state index in [1.54, 1.807) is 0 Å². The maximum Gasteiger partial charge on any atom is 0.160 e. The topological polar surface area (TPSA) is 51.8 Å². The monoisotopic (exact) mass is 803 g/mol. The van der Waals surface area contributed by atoms with Crippen LogP contribution in [-0.2, 0) is 0 Å². The molecule has 4 heteroatoms. The van der Waals surface area contributed by atoms with Gasteiger partial charge in [0.15, 0.2) is 5.82 Å². The Kier molecular flexibility index (Phi) is 8.79. The minimum absolute atomic E-state index is 0.659. The molecule has 0 radical (unpaired) electrons. The van der Waals surface area contributed by atoms with Gasteiger partial charge in [-0.25, -0.2) is 15.0 Å². The third-order valence-corrected chi connectivity index (χ3v) is 12.1. The van der Waals surface area contributed by atoms with Crippen molar-refractivity contribution < 1.29 is 4.42 Å². The van der Waals surface area contributed by atoms with Crippen molar-refractivity contribution in [3.63, 3.8) is 0 Å². The lowest BCUT2D eigenvalue weighted by atomic mass is 9.95. The fourth-order valence-corrected chi connectivity index (χ4v) is 8.94. The van der Waals surface area contributed by atoms with Gasteiger partial charge >= 0.3 is 0 Å². The minimum atomic E-state index is 0.659. The highest BCUT2D eigenvalue weighted by Crippen LogP contribution is 2.43. The predicted molar refractivity (Wildman–Crippen MR) is 260 cm³/mol. The van der Waals surface area contributed by atoms with Gasteiger partial charge in [-0.05, 0) is 56.8 Å². The first-order chi connectivity index (χ1) is 31.2. The highest BCUT2D eigenvalue weighted by atomic mass is 16.3. The molecule has 3 aromatic heterocycles. The number of nitrogens with zero attached hydrogens (tertiary/aromatic N) is 3. The number of hydrogen-bond donors (Lipinski definition) is 0. The molecule has 0 amide bonds. The van der Waals surface area contributed by atoms with E-state index in [2.05, 4.69) is 200 Å². The standard InChI is InChI=1S/C59H37N3O/c1-3-13-38(14-4-1)40-25-31-44(32-26-40)52-37-53(45-33-27-41(28-34-45)39-15-5-2-6-16-39)61-59(60-52)46-35-29-43(30-36-46)48-21-12-23-51-56(48)62-57(49-22-11-18-42-17-7-8-19-47(42)49)55-50-20-9-10-24-54(50)63-58(51)55/h1-37H. The molecule has 0 unspecified atom stereocenters. The van der Waals surface area contributed by atoms with Crippen molar-refractivity contribution in [2.24, 2.45) is 0 Å². The van der Waals surface area contributed by atoms with E-state index >= 15 is 0 Å². The third kappa shape index (κ3) is 6.53. The second kappa shape index (κ2) is 15.2. The van der Waals surface area contributed by atoms with Crippen LogP contribution in [-0.4, -0.2) is 15.0 Å². The molecule has 0 aliphatic carbocycles. The summed E-state index contributed by atoms with van der Waals surface area (Å²) in [4.78, 5) is 16.0. The van der Waals surface area contributed by atoms with E-state index in [1.807, 2.05) is 24.3 Å². The highest BCUT2D eigenvalue weighted by molar-refractivity contribution is 6.22. The second-order valence-electron chi connectivity index (χ2n) is 15.9. The van der Waals surface area contributed by atoms with E-state index in [-0.39, 0.29) is 0 Å². The summed E-state index contributed by atoms with van der Waals surface area (Å²) in [6.07, 6.45) is 0. The van der Waals surface area contributed by atoms with Crippen LogP contribution in [0.3, 0.4) is 0 Å². The van der Waals surface area contributed by atoms with E-state index in [1.165, 1.54) is 16.5 Å². The Morgan fingerprint density at radius 3 is 1.46 bits per heavy atom. The number of hydrogen-bond acceptors (Lipinski definition) is 4. The van der Waals surface area contributed by atoms with E-state index in [0.717, 1.165) is 99.8 Å². The Hall–Kier alpha value is -8.47. The van der Waals surface area contributed by atoms with E-state index in [4.69, 9.17) is 19.4 Å². The maximum atomic E-state index is 6.70. The quantitative estimate of drug-likeness (QED) is 0.161. The number of aromatic nitrogens is 3. The van der Waals surface area contributed by atoms with Crippen LogP contribution in [0.4, 0.5) is 0 Å². The van der Waals surface area contributed by atoms with Gasteiger partial charge in [-0.15, -0.1) is 0 Å². The lowest BCUT2D eigenvalue weighted by Gasteiger charge is -2.13. The van der Waals surface area contributed by atoms with Gasteiger partial charge in [0.05, 0.1) is 28.0 Å². The molecule has 0 fully saturated rings. The molecule has 3 heterocycles. The van der Waals surface area contributed by atoms with Crippen molar-refractivity contribution in [2.45, 2.75) is 0 Å². The third-order valence-electron chi connectivity index (χ3n) is 12.1. The van der Waals surface area contributed by atoms with Crippen LogP contribution in [0.1, 0.15) is 0 Å². The zero-order valence-electron chi connectivity index (χ0n) is 34.1. The fraction of sp³-hybridized carbons (Fsp3) is 0. The summed E-state index contributed by atoms with van der Waals surface area (Å²) in [5, 5.41) is 5.38. The lowest BCUT2D eigenvalue weighted by Crippen LogP contribution is -1.96. The van der Waals surface area contributed by atoms with Gasteiger partial charge in [0, 0.05) is 38.6 Å². The molecular weight excluding hydrogens is 767 g/mol. The van der Waals surface area contributed by atoms with Crippen LogP contribution in [0.5, 0.6) is 0 Å². The zero-order valence-corrected chi connectivity index (χ0v) is 34.1. The van der Waals surface area contributed by atoms with Crippen molar-refractivity contribution in [3.05, 3.63) is 224 Å². The molecule has 12 aromatic rings. The molecule has 0 atom stereocenters. The van der Waals surface area contributed by atoms with Gasteiger partial charge in [-0.3, -0.25) is 0 Å². The first-order valence-corrected chi connectivity index (χ1v) is 21.3. The van der Waals surface area contributed by atoms with Crippen LogP contribution in [0.2, 0.25) is 0 Å². The van der Waals surface area contributed by atoms with Gasteiger partial charge < -0.3 is 4.42 Å². The summed E-state index contributed by atoms with van der Waals surface area (Å²) in [6.45, 7) is 0. The van der Waals surface area contributed by atoms with E-state index in [9.17, 15) is 0 Å². The van der Waals surface area contributed by atoms with Crippen molar-refractivity contribution in [1.29, 1.82) is 0 Å². The van der Waals surface area contributed by atoms with Gasteiger partial charge in [-0.1, -0.05) is 206 Å². The van der Waals surface area contributed by atoms with Crippen LogP contribution >= 0.6 is 0 Å². The largest absolute Gasteiger partial charge is 0.455 e. The number of para-hydroxylation sites is 2. The smallest absolute Gasteiger partial charge is 0.160 e. The molecule has 0 N–H and O–H groups in total. The molecule has 0 spiro atoms. The number of rotatable bonds is 7. The van der Waals surface area contributed by atoms with Gasteiger partial charge in [0.25, 0.3) is 0 Å². The summed E-state index contributed by atoms with van der Waals surface area (Å²) in [6, 6.07) is 78.4. The minimum Gasteiger partial charge on any atom is -0.455 e. The van der Waals surface area contributed by atoms with E-state index < -0.39 is 0 Å². The molecule has 9 aromatic carbocycles. The molecule has 0 saturated heterocycles. The highest BCUT2D eigenvalue weighted by Gasteiger charge is 2.21. The van der Waals surface area contributed by atoms with Crippen LogP contribution in [0.25, 0.3) is 122 Å². The zero-order chi connectivity index (χ0) is 41.7. The Morgan fingerprint density at radius 2 is 0.794 bits per heavy atom. The molecule has 0 aliphatic rings. The molecule has 0 saturated carbocycles. The summed E-state index contributed by atoms with van der Waals surface area (Å²) in [5.74, 6) is 0.659. The first kappa shape index (κ1) is 36.4. The van der Waals surface area contributed by atoms with Crippen molar-refractivity contribution in [3.8, 4) is 78.5 Å². The average molecular weight is 804 g/mol. The molecular formula is C59H37N3O. The summed E-state index contributed by atoms with van der Waals surface area (Å²) >= 11 is 0. The number of furan rings is 1. The normalized spacial score (nSPS) is 11.5. The van der Waals surface area contributed by atoms with Crippen molar-refractivity contribution in [1.82, 2.24) is 15.0 Å². The van der Waals surface area contributed by atoms with Crippen LogP contribution in [0, 0.1) is 0 Å². The second-order valence-corrected chi connectivity index (χ2v) is 15.9. The summed E-state index contributed by atoms with van der Waals surface area (Å²) in [5.41, 5.74) is 16.0. The number of benzene rings is 9. The first-order valence-electron chi connectivity index (χ1n) is 21.3. The van der Waals surface area contributed by atoms with Gasteiger partial charge in [0.2, 0.25) is 0 Å². The summed E-state index contributed by atoms with van der Waals surface area (Å²) < 4.78 is 6.70. The van der Waals surface area contributed by atoms with Gasteiger partial charge in [-0.2, -0.15) is 0 Å². The van der Waals surface area contributed by atoms with Crippen molar-refractivity contribution in [2.75, 3.05) is 0 Å². The van der Waals surface area contributed by atoms with Gasteiger partial charge in [0.1, 0.15) is 11.2 Å². The predicted octanol–water partition coefficient (Wildman–Crippen LogP) is 15.7. The molecule has 0 aliphatic heterocycles. The van der Waals surface area contributed by atoms with Crippen molar-refractivity contribution >= 4 is 43.6 Å². The Bertz CT molecular complexity index is 3530. The lowest BCUT2D eigenvalue weighted by molar-refractivity contribution is 0.672.